The van der Waals surface area contributed by atoms with E-state index < -0.39 is 0 Å². The summed E-state index contributed by atoms with van der Waals surface area (Å²) < 4.78 is 0. The summed E-state index contributed by atoms with van der Waals surface area (Å²) in [6.45, 7) is 2.21. The Kier molecular flexibility index (Phi) is 9.26. The van der Waals surface area contributed by atoms with Crippen molar-refractivity contribution in [3.05, 3.63) is 77.4 Å². The fourth-order valence-corrected chi connectivity index (χ4v) is 3.43. The molecule has 1 fully saturated rings. The zero-order chi connectivity index (χ0) is 19.3. The zero-order valence-electron chi connectivity index (χ0n) is 16.3. The van der Waals surface area contributed by atoms with Gasteiger partial charge in [-0.05, 0) is 24.8 Å². The van der Waals surface area contributed by atoms with Crippen LogP contribution < -0.4 is 0 Å². The molecule has 0 saturated heterocycles. The lowest BCUT2D eigenvalue weighted by Crippen LogP contribution is -2.21. The minimum Gasteiger partial charge on any atom is -0.299 e. The average Bonchev–Trinajstić information content (AvgIpc) is 2.72. The van der Waals surface area contributed by atoms with Gasteiger partial charge >= 0.3 is 0 Å². The summed E-state index contributed by atoms with van der Waals surface area (Å²) in [6, 6.07) is 19.5. The van der Waals surface area contributed by atoms with Crippen molar-refractivity contribution in [1.29, 1.82) is 0 Å². The summed E-state index contributed by atoms with van der Waals surface area (Å²) >= 11 is 0. The molecule has 0 bridgehead atoms. The molecule has 27 heavy (non-hydrogen) atoms. The van der Waals surface area contributed by atoms with Gasteiger partial charge < -0.3 is 0 Å². The van der Waals surface area contributed by atoms with E-state index in [0.717, 1.165) is 37.5 Å². The second-order valence-corrected chi connectivity index (χ2v) is 7.03. The van der Waals surface area contributed by atoms with Gasteiger partial charge in [-0.25, -0.2) is 0 Å². The molecule has 0 radical (unpaired) electrons. The summed E-state index contributed by atoms with van der Waals surface area (Å²) in [5.41, 5.74) is 3.32. The first-order chi connectivity index (χ1) is 13.2. The first-order valence-electron chi connectivity index (χ1n) is 10.0. The lowest BCUT2D eigenvalue weighted by Gasteiger charge is -2.24. The lowest BCUT2D eigenvalue weighted by molar-refractivity contribution is -0.122. The van der Waals surface area contributed by atoms with Crippen LogP contribution in [0.4, 0.5) is 0 Å². The minimum absolute atomic E-state index is 0.195. The number of carbonyl (C=O) groups is 2. The fourth-order valence-electron chi connectivity index (χ4n) is 3.43. The van der Waals surface area contributed by atoms with Crippen LogP contribution in [0.1, 0.15) is 67.8 Å². The van der Waals surface area contributed by atoms with Crippen molar-refractivity contribution < 1.29 is 9.59 Å². The maximum Gasteiger partial charge on any atom is 0.150 e. The molecule has 2 heteroatoms. The summed E-state index contributed by atoms with van der Waals surface area (Å²) in [7, 11) is 0. The van der Waals surface area contributed by atoms with Crippen molar-refractivity contribution in [2.45, 2.75) is 51.9 Å². The summed E-state index contributed by atoms with van der Waals surface area (Å²) in [5.74, 6) is 0.657. The van der Waals surface area contributed by atoms with Crippen LogP contribution in [0.3, 0.4) is 0 Å². The van der Waals surface area contributed by atoms with E-state index in [1.807, 2.05) is 24.3 Å². The van der Waals surface area contributed by atoms with Gasteiger partial charge in [0.05, 0.1) is 0 Å². The van der Waals surface area contributed by atoms with Gasteiger partial charge in [0.2, 0.25) is 0 Å². The molecule has 142 valence electrons. The first kappa shape index (κ1) is 20.8. The molecule has 3 rings (SSSR count). The van der Waals surface area contributed by atoms with Crippen molar-refractivity contribution in [2.24, 2.45) is 5.92 Å². The van der Waals surface area contributed by atoms with Crippen molar-refractivity contribution in [3.8, 4) is 0 Å². The molecule has 2 aromatic rings. The van der Waals surface area contributed by atoms with Gasteiger partial charge in [0.25, 0.3) is 0 Å². The number of unbranched alkanes of at least 4 members (excludes halogenated alkanes) is 2. The molecule has 2 aromatic carbocycles. The Morgan fingerprint density at radius 2 is 1.52 bits per heavy atom. The Balaban J connectivity index is 0.000000273. The highest BCUT2D eigenvalue weighted by atomic mass is 16.1. The van der Waals surface area contributed by atoms with Gasteiger partial charge in [0.15, 0.2) is 0 Å². The topological polar surface area (TPSA) is 34.1 Å². The molecule has 0 heterocycles. The number of allylic oxidation sites excluding steroid dienone is 1. The smallest absolute Gasteiger partial charge is 0.150 e. The van der Waals surface area contributed by atoms with Crippen molar-refractivity contribution in [1.82, 2.24) is 0 Å². The first-order valence-corrected chi connectivity index (χ1v) is 10.0. The predicted octanol–water partition coefficient (Wildman–Crippen LogP) is 6.52. The molecule has 1 unspecified atom stereocenters. The minimum atomic E-state index is 0.195. The van der Waals surface area contributed by atoms with E-state index in [1.165, 1.54) is 30.4 Å². The second-order valence-electron chi connectivity index (χ2n) is 7.03. The molecule has 1 aliphatic carbocycles. The molecule has 0 aliphatic heterocycles. The summed E-state index contributed by atoms with van der Waals surface area (Å²) in [4.78, 5) is 22.2. The monoisotopic (exact) mass is 362 g/mol. The molecule has 0 spiro atoms. The third-order valence-corrected chi connectivity index (χ3v) is 4.91. The van der Waals surface area contributed by atoms with Crippen molar-refractivity contribution in [2.75, 3.05) is 0 Å². The Labute approximate surface area is 163 Å². The van der Waals surface area contributed by atoms with Gasteiger partial charge in [-0.3, -0.25) is 9.59 Å². The number of ketones is 1. The molecular weight excluding hydrogens is 332 g/mol. The Bertz CT molecular complexity index is 717. The highest BCUT2D eigenvalue weighted by Crippen LogP contribution is 2.32. The van der Waals surface area contributed by atoms with Crippen LogP contribution in [-0.4, -0.2) is 12.1 Å². The van der Waals surface area contributed by atoms with Crippen LogP contribution in [0.2, 0.25) is 0 Å². The van der Waals surface area contributed by atoms with E-state index in [-0.39, 0.29) is 5.92 Å². The van der Waals surface area contributed by atoms with Gasteiger partial charge in [-0.15, -0.1) is 0 Å². The van der Waals surface area contributed by atoms with Crippen LogP contribution in [-0.2, 0) is 4.79 Å². The maximum absolute atomic E-state index is 12.1. The van der Waals surface area contributed by atoms with Crippen LogP contribution in [0, 0.1) is 5.92 Å². The van der Waals surface area contributed by atoms with E-state index in [9.17, 15) is 9.59 Å². The fraction of sp³-hybridized carbons (Fsp3) is 0.360. The number of rotatable bonds is 6. The van der Waals surface area contributed by atoms with E-state index in [2.05, 4.69) is 37.3 Å². The van der Waals surface area contributed by atoms with Crippen LogP contribution in [0.25, 0.3) is 6.08 Å². The van der Waals surface area contributed by atoms with E-state index >= 15 is 0 Å². The molecule has 1 saturated carbocycles. The third-order valence-electron chi connectivity index (χ3n) is 4.91. The summed E-state index contributed by atoms with van der Waals surface area (Å²) in [6.07, 6.45) is 10.7. The number of hydrogen-bond acceptors (Lipinski definition) is 2. The van der Waals surface area contributed by atoms with E-state index in [4.69, 9.17) is 0 Å². The number of hydrogen-bond donors (Lipinski definition) is 0. The van der Waals surface area contributed by atoms with Crippen molar-refractivity contribution >= 4 is 18.1 Å². The maximum atomic E-state index is 12.1. The molecule has 0 N–H and O–H groups in total. The van der Waals surface area contributed by atoms with E-state index in [1.54, 1.807) is 12.1 Å². The van der Waals surface area contributed by atoms with Gasteiger partial charge in [0, 0.05) is 17.9 Å². The van der Waals surface area contributed by atoms with Crippen LogP contribution in [0.15, 0.2) is 66.2 Å². The molecule has 0 aromatic heterocycles. The predicted molar refractivity (Wildman–Crippen MR) is 113 cm³/mol. The van der Waals surface area contributed by atoms with Crippen LogP contribution in [0.5, 0.6) is 0 Å². The average molecular weight is 363 g/mol. The third kappa shape index (κ3) is 7.34. The Hall–Kier alpha value is -2.48. The lowest BCUT2D eigenvalue weighted by atomic mass is 9.79. The second kappa shape index (κ2) is 12.0. The van der Waals surface area contributed by atoms with Gasteiger partial charge in [-0.1, -0.05) is 98.5 Å². The number of aldehydes is 1. The normalized spacial score (nSPS) is 17.9. The standard InChI is InChI=1S/C18H24O.C7H6O/c1-2-3-5-12-17-16(11-8-13-18(17)19)14-15-9-6-4-7-10-15;8-6-7-4-2-1-3-5-7/h4,6-7,9-10,14,17H,2-3,5,8,11-13H2,1H3;1-6H. The Morgan fingerprint density at radius 3 is 2.07 bits per heavy atom. The molecule has 0 amide bonds. The van der Waals surface area contributed by atoms with Crippen molar-refractivity contribution in [3.63, 3.8) is 0 Å². The molecule has 1 aliphatic rings. The SMILES string of the molecule is CCCCCC1C(=O)CCCC1=Cc1ccccc1.O=Cc1ccccc1. The quantitative estimate of drug-likeness (QED) is 0.433. The number of Topliss-reactive ketones (excluding diaryl/α,β-unsaturated/α-hetero) is 1. The number of benzene rings is 2. The zero-order valence-corrected chi connectivity index (χ0v) is 16.3. The molecule has 2 nitrogen and oxygen atoms in total. The van der Waals surface area contributed by atoms with Gasteiger partial charge in [-0.2, -0.15) is 0 Å². The molecule has 1 atom stereocenters. The largest absolute Gasteiger partial charge is 0.299 e. The number of carbonyl (C=O) groups excluding carboxylic acids is 2. The van der Waals surface area contributed by atoms with E-state index in [0.29, 0.717) is 5.78 Å². The van der Waals surface area contributed by atoms with Crippen LogP contribution >= 0.6 is 0 Å². The van der Waals surface area contributed by atoms with Gasteiger partial charge in [0.1, 0.15) is 12.1 Å². The highest BCUT2D eigenvalue weighted by molar-refractivity contribution is 5.86. The highest BCUT2D eigenvalue weighted by Gasteiger charge is 2.25. The molecular formula is C25H30O2. The Morgan fingerprint density at radius 1 is 0.889 bits per heavy atom. The summed E-state index contributed by atoms with van der Waals surface area (Å²) in [5, 5.41) is 0.